The van der Waals surface area contributed by atoms with E-state index in [2.05, 4.69) is 10.3 Å². The van der Waals surface area contributed by atoms with Crippen LogP contribution in [0.1, 0.15) is 11.1 Å². The predicted molar refractivity (Wildman–Crippen MR) is 63.7 cm³/mol. The third kappa shape index (κ3) is 3.21. The van der Waals surface area contributed by atoms with Gasteiger partial charge in [-0.1, -0.05) is 6.07 Å². The van der Waals surface area contributed by atoms with Gasteiger partial charge in [-0.25, -0.2) is 4.98 Å². The summed E-state index contributed by atoms with van der Waals surface area (Å²) < 4.78 is 50.7. The molecule has 1 N–H and O–H groups in total. The minimum atomic E-state index is -4.41. The molecule has 1 aromatic carbocycles. The Hall–Kier alpha value is -2.11. The highest BCUT2D eigenvalue weighted by Crippen LogP contribution is 2.32. The van der Waals surface area contributed by atoms with Crippen LogP contribution in [0.15, 0.2) is 36.5 Å². The van der Waals surface area contributed by atoms with Crippen LogP contribution in [0.2, 0.25) is 0 Å². The Morgan fingerprint density at radius 1 is 1.11 bits per heavy atom. The van der Waals surface area contributed by atoms with Gasteiger partial charge in [0.25, 0.3) is 0 Å². The van der Waals surface area contributed by atoms with Crippen molar-refractivity contribution in [2.45, 2.75) is 13.1 Å². The van der Waals surface area contributed by atoms with Gasteiger partial charge in [-0.2, -0.15) is 17.6 Å². The molecule has 0 radical (unpaired) electrons. The SMILES string of the molecule is Cc1ccc(C(F)(F)F)cc1Nc1ccnc(F)c1. The summed E-state index contributed by atoms with van der Waals surface area (Å²) in [5.41, 5.74) is 0.496. The number of hydrogen-bond acceptors (Lipinski definition) is 2. The molecule has 0 spiro atoms. The van der Waals surface area contributed by atoms with E-state index < -0.39 is 17.7 Å². The van der Waals surface area contributed by atoms with E-state index in [-0.39, 0.29) is 5.69 Å². The van der Waals surface area contributed by atoms with Gasteiger partial charge in [0.15, 0.2) is 0 Å². The summed E-state index contributed by atoms with van der Waals surface area (Å²) in [6, 6.07) is 5.95. The largest absolute Gasteiger partial charge is 0.416 e. The summed E-state index contributed by atoms with van der Waals surface area (Å²) in [4.78, 5) is 3.37. The topological polar surface area (TPSA) is 24.9 Å². The molecule has 0 saturated carbocycles. The third-order valence-electron chi connectivity index (χ3n) is 2.57. The van der Waals surface area contributed by atoms with Crippen LogP contribution in [-0.4, -0.2) is 4.98 Å². The molecule has 0 aliphatic rings. The van der Waals surface area contributed by atoms with Gasteiger partial charge in [0.1, 0.15) is 0 Å². The van der Waals surface area contributed by atoms with Gasteiger partial charge in [0, 0.05) is 23.6 Å². The third-order valence-corrected chi connectivity index (χ3v) is 2.57. The molecule has 100 valence electrons. The van der Waals surface area contributed by atoms with Crippen LogP contribution in [0, 0.1) is 12.9 Å². The zero-order valence-electron chi connectivity index (χ0n) is 9.92. The van der Waals surface area contributed by atoms with Crippen molar-refractivity contribution in [2.24, 2.45) is 0 Å². The van der Waals surface area contributed by atoms with Crippen LogP contribution in [0.25, 0.3) is 0 Å². The number of halogens is 4. The van der Waals surface area contributed by atoms with Gasteiger partial charge in [-0.15, -0.1) is 0 Å². The summed E-state index contributed by atoms with van der Waals surface area (Å²) in [7, 11) is 0. The van der Waals surface area contributed by atoms with E-state index in [1.807, 2.05) is 0 Å². The van der Waals surface area contributed by atoms with Crippen molar-refractivity contribution >= 4 is 11.4 Å². The van der Waals surface area contributed by atoms with Crippen LogP contribution in [0.5, 0.6) is 0 Å². The molecule has 0 unspecified atom stereocenters. The summed E-state index contributed by atoms with van der Waals surface area (Å²) in [6.07, 6.45) is -3.17. The van der Waals surface area contributed by atoms with Gasteiger partial charge in [-0.3, -0.25) is 0 Å². The van der Waals surface area contributed by atoms with E-state index in [1.54, 1.807) is 6.92 Å². The molecule has 0 bridgehead atoms. The van der Waals surface area contributed by atoms with Crippen molar-refractivity contribution in [3.63, 3.8) is 0 Å². The number of nitrogens with one attached hydrogen (secondary N) is 1. The van der Waals surface area contributed by atoms with Crippen LogP contribution in [0.4, 0.5) is 28.9 Å². The first-order valence-electron chi connectivity index (χ1n) is 5.43. The number of nitrogens with zero attached hydrogens (tertiary/aromatic N) is 1. The van der Waals surface area contributed by atoms with Crippen LogP contribution in [0.3, 0.4) is 0 Å². The first-order valence-corrected chi connectivity index (χ1v) is 5.43. The zero-order chi connectivity index (χ0) is 14.0. The lowest BCUT2D eigenvalue weighted by atomic mass is 10.1. The first kappa shape index (κ1) is 13.3. The molecule has 0 fully saturated rings. The Balaban J connectivity index is 2.34. The quantitative estimate of drug-likeness (QED) is 0.650. The van der Waals surface area contributed by atoms with E-state index in [1.165, 1.54) is 18.3 Å². The van der Waals surface area contributed by atoms with E-state index in [0.717, 1.165) is 18.2 Å². The predicted octanol–water partition coefficient (Wildman–Crippen LogP) is 4.29. The Labute approximate surface area is 107 Å². The number of aromatic nitrogens is 1. The van der Waals surface area contributed by atoms with Gasteiger partial charge in [0.05, 0.1) is 5.56 Å². The van der Waals surface area contributed by atoms with Crippen LogP contribution < -0.4 is 5.32 Å². The van der Waals surface area contributed by atoms with Crippen LogP contribution >= 0.6 is 0 Å². The second-order valence-electron chi connectivity index (χ2n) is 4.02. The molecule has 1 heterocycles. The summed E-state index contributed by atoms with van der Waals surface area (Å²) in [5, 5.41) is 2.75. The summed E-state index contributed by atoms with van der Waals surface area (Å²) in [6.45, 7) is 1.67. The summed E-state index contributed by atoms with van der Waals surface area (Å²) >= 11 is 0. The molecule has 2 rings (SSSR count). The molecule has 19 heavy (non-hydrogen) atoms. The van der Waals surface area contributed by atoms with Crippen molar-refractivity contribution in [1.29, 1.82) is 0 Å². The van der Waals surface area contributed by atoms with Gasteiger partial charge in [-0.05, 0) is 30.7 Å². The Morgan fingerprint density at radius 2 is 1.84 bits per heavy atom. The maximum absolute atomic E-state index is 12.9. The molecular weight excluding hydrogens is 260 g/mol. The van der Waals surface area contributed by atoms with E-state index in [0.29, 0.717) is 11.3 Å². The Bertz CT molecular complexity index is 593. The first-order chi connectivity index (χ1) is 8.86. The number of pyridine rings is 1. The number of benzene rings is 1. The van der Waals surface area contributed by atoms with Gasteiger partial charge < -0.3 is 5.32 Å². The normalized spacial score (nSPS) is 11.4. The van der Waals surface area contributed by atoms with E-state index in [4.69, 9.17) is 0 Å². The molecule has 2 nitrogen and oxygen atoms in total. The van der Waals surface area contributed by atoms with Crippen molar-refractivity contribution in [3.8, 4) is 0 Å². The lowest BCUT2D eigenvalue weighted by Gasteiger charge is -2.13. The Morgan fingerprint density at radius 3 is 2.47 bits per heavy atom. The van der Waals surface area contributed by atoms with E-state index >= 15 is 0 Å². The molecule has 0 atom stereocenters. The van der Waals surface area contributed by atoms with Crippen molar-refractivity contribution in [2.75, 3.05) is 5.32 Å². The monoisotopic (exact) mass is 270 g/mol. The Kier molecular flexibility index (Phi) is 3.42. The van der Waals surface area contributed by atoms with Crippen molar-refractivity contribution in [1.82, 2.24) is 4.98 Å². The standard InChI is InChI=1S/C13H10F4N2/c1-8-2-3-9(13(15,16)17)6-11(8)19-10-4-5-18-12(14)7-10/h2-7H,1H3,(H,18,19). The molecule has 0 saturated heterocycles. The van der Waals surface area contributed by atoms with Gasteiger partial charge >= 0.3 is 6.18 Å². The molecule has 0 aliphatic carbocycles. The minimum Gasteiger partial charge on any atom is -0.355 e. The van der Waals surface area contributed by atoms with Crippen molar-refractivity contribution < 1.29 is 17.6 Å². The maximum atomic E-state index is 12.9. The van der Waals surface area contributed by atoms with Gasteiger partial charge in [0.2, 0.25) is 5.95 Å². The number of rotatable bonds is 2. The molecular formula is C13H10F4N2. The molecule has 1 aromatic heterocycles. The highest BCUT2D eigenvalue weighted by atomic mass is 19.4. The smallest absolute Gasteiger partial charge is 0.355 e. The number of anilines is 2. The minimum absolute atomic E-state index is 0.278. The fourth-order valence-electron chi connectivity index (χ4n) is 1.57. The lowest BCUT2D eigenvalue weighted by Crippen LogP contribution is -2.06. The molecule has 0 aliphatic heterocycles. The van der Waals surface area contributed by atoms with E-state index in [9.17, 15) is 17.6 Å². The zero-order valence-corrected chi connectivity index (χ0v) is 9.92. The fraction of sp³-hybridized carbons (Fsp3) is 0.154. The highest BCUT2D eigenvalue weighted by Gasteiger charge is 2.30. The average Bonchev–Trinajstić information content (AvgIpc) is 2.30. The fourth-order valence-corrected chi connectivity index (χ4v) is 1.57. The summed E-state index contributed by atoms with van der Waals surface area (Å²) in [5.74, 6) is -0.699. The average molecular weight is 270 g/mol. The number of alkyl halides is 3. The van der Waals surface area contributed by atoms with Crippen molar-refractivity contribution in [3.05, 3.63) is 53.6 Å². The second-order valence-corrected chi connectivity index (χ2v) is 4.02. The molecule has 2 aromatic rings. The van der Waals surface area contributed by atoms with Crippen LogP contribution in [-0.2, 0) is 6.18 Å². The molecule has 0 amide bonds. The number of aryl methyl sites for hydroxylation is 1. The number of hydrogen-bond donors (Lipinski definition) is 1. The maximum Gasteiger partial charge on any atom is 0.416 e. The lowest BCUT2D eigenvalue weighted by molar-refractivity contribution is -0.137. The molecule has 6 heteroatoms. The highest BCUT2D eigenvalue weighted by molar-refractivity contribution is 5.63. The second kappa shape index (κ2) is 4.87.